The number of carbonyl (C=O) groups is 2. The number of nitrogens with zero attached hydrogens (tertiary/aromatic N) is 2. The van der Waals surface area contributed by atoms with Crippen molar-refractivity contribution < 1.29 is 14.7 Å². The normalized spacial score (nSPS) is 28.9. The van der Waals surface area contributed by atoms with Gasteiger partial charge in [-0.15, -0.1) is 0 Å². The van der Waals surface area contributed by atoms with Gasteiger partial charge in [-0.3, -0.25) is 14.0 Å². The summed E-state index contributed by atoms with van der Waals surface area (Å²) in [6.07, 6.45) is 13.1. The van der Waals surface area contributed by atoms with E-state index in [9.17, 15) is 14.7 Å². The molecule has 4 aliphatic carbocycles. The van der Waals surface area contributed by atoms with Crippen LogP contribution in [0.2, 0.25) is 0 Å². The van der Waals surface area contributed by atoms with Gasteiger partial charge < -0.3 is 16.2 Å². The number of rotatable bonds is 9. The average Bonchev–Trinajstić information content (AvgIpc) is 3.16. The molecule has 0 radical (unpaired) electrons. The number of aromatic nitrogens is 2. The zero-order valence-electron chi connectivity index (χ0n) is 20.4. The minimum absolute atomic E-state index is 0.0560. The number of nitrogens with one attached hydrogen (secondary N) is 1. The van der Waals surface area contributed by atoms with E-state index in [1.165, 1.54) is 44.7 Å². The smallest absolute Gasteiger partial charge is 0.268 e. The Labute approximate surface area is 201 Å². The molecule has 1 atom stereocenters. The van der Waals surface area contributed by atoms with Gasteiger partial charge in [-0.1, -0.05) is 6.07 Å². The van der Waals surface area contributed by atoms with Crippen molar-refractivity contribution in [3.8, 4) is 0 Å². The molecule has 6 rings (SSSR count). The molecule has 2 aromatic rings. The lowest BCUT2D eigenvalue weighted by atomic mass is 9.48. The van der Waals surface area contributed by atoms with Crippen LogP contribution in [0.3, 0.4) is 0 Å². The molecule has 7 heteroatoms. The monoisotopic (exact) mass is 466 g/mol. The molecule has 4 fully saturated rings. The molecule has 4 N–H and O–H groups in total. The highest BCUT2D eigenvalue weighted by Crippen LogP contribution is 2.61. The van der Waals surface area contributed by atoms with Crippen LogP contribution in [0.1, 0.15) is 99.0 Å². The molecule has 0 saturated heterocycles. The minimum atomic E-state index is -0.706. The number of nitrogens with two attached hydrogens (primary N) is 1. The van der Waals surface area contributed by atoms with Gasteiger partial charge in [0, 0.05) is 12.2 Å². The summed E-state index contributed by atoms with van der Waals surface area (Å²) in [4.78, 5) is 29.3. The second-order valence-corrected chi connectivity index (χ2v) is 12.1. The molecule has 1 unspecified atom stereocenters. The Hall–Kier alpha value is -2.41. The van der Waals surface area contributed by atoms with Crippen molar-refractivity contribution >= 4 is 17.5 Å². The Balaban J connectivity index is 1.36. The molecule has 4 bridgehead atoms. The van der Waals surface area contributed by atoms with Gasteiger partial charge in [0.2, 0.25) is 0 Å². The maximum atomic E-state index is 13.5. The van der Waals surface area contributed by atoms with Crippen LogP contribution in [0.25, 0.3) is 5.65 Å². The number of carbonyl (C=O) groups excluding carboxylic acids is 2. The van der Waals surface area contributed by atoms with Gasteiger partial charge in [0.25, 0.3) is 11.8 Å². The fourth-order valence-electron chi connectivity index (χ4n) is 7.64. The van der Waals surface area contributed by atoms with Gasteiger partial charge in [-0.05, 0) is 113 Å². The quantitative estimate of drug-likeness (QED) is 0.517. The second kappa shape index (κ2) is 8.67. The van der Waals surface area contributed by atoms with Gasteiger partial charge in [0.15, 0.2) is 0 Å². The first kappa shape index (κ1) is 23.3. The van der Waals surface area contributed by atoms with Crippen LogP contribution >= 0.6 is 0 Å². The summed E-state index contributed by atoms with van der Waals surface area (Å²) in [5.41, 5.74) is 6.18. The molecule has 2 aromatic heterocycles. The van der Waals surface area contributed by atoms with Crippen molar-refractivity contribution in [3.05, 3.63) is 35.8 Å². The maximum absolute atomic E-state index is 13.5. The van der Waals surface area contributed by atoms with Crippen LogP contribution in [0.4, 0.5) is 0 Å². The van der Waals surface area contributed by atoms with Gasteiger partial charge in [0.05, 0.1) is 5.60 Å². The number of fused-ring (bicyclic) bond motifs is 1. The highest BCUT2D eigenvalue weighted by molar-refractivity contribution is 5.95. The molecule has 184 valence electrons. The van der Waals surface area contributed by atoms with E-state index in [2.05, 4.69) is 10.3 Å². The lowest BCUT2D eigenvalue weighted by Crippen LogP contribution is -2.49. The Kier molecular flexibility index (Phi) is 5.95. The molecule has 2 heterocycles. The standard InChI is InChI=1S/C27H38N4O3/c1-26(2,34)8-4-5-20(15-27-12-17-9-18(13-27)11-19(10-17)14-27)29-25(33)22-6-3-7-23-30-21(24(28)32)16-31(22)23/h3,6-7,16-20,34H,4-5,8-15H2,1-2H3,(H2,28,32)(H,29,33). The van der Waals surface area contributed by atoms with Crippen molar-refractivity contribution in [2.24, 2.45) is 28.9 Å². The minimum Gasteiger partial charge on any atom is -0.390 e. The predicted molar refractivity (Wildman–Crippen MR) is 130 cm³/mol. The summed E-state index contributed by atoms with van der Waals surface area (Å²) >= 11 is 0. The molecular formula is C27H38N4O3. The number of amides is 2. The third-order valence-corrected chi connectivity index (χ3v) is 8.50. The van der Waals surface area contributed by atoms with Gasteiger partial charge in [0.1, 0.15) is 17.0 Å². The van der Waals surface area contributed by atoms with E-state index in [0.29, 0.717) is 23.2 Å². The number of hydrogen-bond donors (Lipinski definition) is 3. The second-order valence-electron chi connectivity index (χ2n) is 12.1. The van der Waals surface area contributed by atoms with Crippen molar-refractivity contribution in [2.75, 3.05) is 0 Å². The maximum Gasteiger partial charge on any atom is 0.268 e. The summed E-state index contributed by atoms with van der Waals surface area (Å²) in [7, 11) is 0. The van der Waals surface area contributed by atoms with E-state index in [-0.39, 0.29) is 17.6 Å². The first-order chi connectivity index (χ1) is 16.1. The van der Waals surface area contributed by atoms with Crippen LogP contribution in [-0.2, 0) is 0 Å². The van der Waals surface area contributed by atoms with E-state index >= 15 is 0 Å². The van der Waals surface area contributed by atoms with Gasteiger partial charge in [-0.2, -0.15) is 0 Å². The summed E-state index contributed by atoms with van der Waals surface area (Å²) in [5, 5.41) is 13.6. The molecule has 0 spiro atoms. The molecule has 0 aromatic carbocycles. The first-order valence-electron chi connectivity index (χ1n) is 12.9. The third-order valence-electron chi connectivity index (χ3n) is 8.50. The van der Waals surface area contributed by atoms with Crippen LogP contribution in [0, 0.1) is 23.2 Å². The van der Waals surface area contributed by atoms with E-state index < -0.39 is 11.5 Å². The predicted octanol–water partition coefficient (Wildman–Crippen LogP) is 4.08. The highest BCUT2D eigenvalue weighted by Gasteiger charge is 2.51. The first-order valence-corrected chi connectivity index (χ1v) is 12.9. The molecule has 4 aliphatic rings. The van der Waals surface area contributed by atoms with Crippen molar-refractivity contribution in [1.82, 2.24) is 14.7 Å². The van der Waals surface area contributed by atoms with Gasteiger partial charge in [-0.25, -0.2) is 4.98 Å². The molecule has 0 aliphatic heterocycles. The molecule has 2 amide bonds. The van der Waals surface area contributed by atoms with E-state index in [1.807, 2.05) is 13.8 Å². The number of aliphatic hydroxyl groups is 1. The van der Waals surface area contributed by atoms with E-state index in [4.69, 9.17) is 5.73 Å². The summed E-state index contributed by atoms with van der Waals surface area (Å²) in [6.45, 7) is 3.69. The number of hydrogen-bond acceptors (Lipinski definition) is 4. The fourth-order valence-corrected chi connectivity index (χ4v) is 7.64. The molecule has 34 heavy (non-hydrogen) atoms. The SMILES string of the molecule is CC(C)(O)CCCC(CC12CC3CC(CC(C3)C1)C2)NC(=O)c1cccc2nc(C(N)=O)cn12. The lowest BCUT2D eigenvalue weighted by molar-refractivity contribution is -0.0621. The van der Waals surface area contributed by atoms with Crippen LogP contribution in [0.5, 0.6) is 0 Å². The largest absolute Gasteiger partial charge is 0.390 e. The van der Waals surface area contributed by atoms with Crippen LogP contribution < -0.4 is 11.1 Å². The Morgan fingerprint density at radius 2 is 1.85 bits per heavy atom. The Morgan fingerprint density at radius 3 is 2.44 bits per heavy atom. The van der Waals surface area contributed by atoms with Crippen molar-refractivity contribution in [3.63, 3.8) is 0 Å². The van der Waals surface area contributed by atoms with E-state index in [0.717, 1.165) is 37.0 Å². The molecule has 4 saturated carbocycles. The zero-order valence-corrected chi connectivity index (χ0v) is 20.4. The topological polar surface area (TPSA) is 110 Å². The number of imidazole rings is 1. The van der Waals surface area contributed by atoms with E-state index in [1.54, 1.807) is 22.6 Å². The number of primary amides is 1. The van der Waals surface area contributed by atoms with Crippen LogP contribution in [-0.4, -0.2) is 37.9 Å². The summed E-state index contributed by atoms with van der Waals surface area (Å²) in [5.74, 6) is 1.83. The van der Waals surface area contributed by atoms with Gasteiger partial charge >= 0.3 is 0 Å². The Bertz CT molecular complexity index is 1050. The lowest BCUT2D eigenvalue weighted by Gasteiger charge is -2.57. The van der Waals surface area contributed by atoms with Crippen molar-refractivity contribution in [2.45, 2.75) is 89.7 Å². The van der Waals surface area contributed by atoms with Crippen molar-refractivity contribution in [1.29, 1.82) is 0 Å². The number of pyridine rings is 1. The molecular weight excluding hydrogens is 428 g/mol. The van der Waals surface area contributed by atoms with Crippen LogP contribution in [0.15, 0.2) is 24.4 Å². The summed E-state index contributed by atoms with van der Waals surface area (Å²) < 4.78 is 1.65. The summed E-state index contributed by atoms with van der Waals surface area (Å²) in [6, 6.07) is 5.36. The average molecular weight is 467 g/mol. The zero-order chi connectivity index (χ0) is 24.1. The Morgan fingerprint density at radius 1 is 1.21 bits per heavy atom. The molecule has 7 nitrogen and oxygen atoms in total. The third kappa shape index (κ3) is 4.85. The highest BCUT2D eigenvalue weighted by atomic mass is 16.3. The fraction of sp³-hybridized carbons (Fsp3) is 0.667.